The van der Waals surface area contributed by atoms with Crippen molar-refractivity contribution in [1.82, 2.24) is 24.3 Å². The molecule has 214 valence electrons. The molecule has 3 aliphatic rings. The molecule has 1 atom stereocenters. The second-order valence-electron chi connectivity index (χ2n) is 12.1. The summed E-state index contributed by atoms with van der Waals surface area (Å²) in [6.07, 6.45) is 7.19. The molecule has 0 bridgehead atoms. The van der Waals surface area contributed by atoms with Gasteiger partial charge in [0.2, 0.25) is 0 Å². The number of thiophene rings is 1. The summed E-state index contributed by atoms with van der Waals surface area (Å²) in [5.74, 6) is 0. The van der Waals surface area contributed by atoms with Crippen LogP contribution in [0.5, 0.6) is 0 Å². The van der Waals surface area contributed by atoms with Crippen LogP contribution in [-0.4, -0.2) is 76.6 Å². The van der Waals surface area contributed by atoms with E-state index in [1.807, 2.05) is 34.9 Å². The standard InChI is InChI=1S/C33H38ClN5OS/c1-36-14-16-38(17-15-36)28-10-12-37(13-11-28)21-23-2-3-26-19-29(9-6-25(26)18-23)39-22-35-30-20-31(41-32(30)33(39)40)24-4-7-27(34)8-5-24/h2-5,7-8,18,20,22,28-29H,6,9-17,19,21H2,1H3/t29-/m0/s1. The first-order valence-corrected chi connectivity index (χ1v) is 16.2. The molecule has 0 spiro atoms. The molecular formula is C33H38ClN5OS. The molecule has 2 saturated heterocycles. The number of piperidine rings is 1. The van der Waals surface area contributed by atoms with Gasteiger partial charge in [-0.25, -0.2) is 4.98 Å². The van der Waals surface area contributed by atoms with Crippen LogP contribution in [-0.2, 0) is 19.4 Å². The molecule has 4 heterocycles. The minimum absolute atomic E-state index is 0.0743. The summed E-state index contributed by atoms with van der Waals surface area (Å²) in [7, 11) is 2.23. The molecule has 0 saturated carbocycles. The van der Waals surface area contributed by atoms with E-state index in [0.29, 0.717) is 5.02 Å². The van der Waals surface area contributed by atoms with Gasteiger partial charge in [0.15, 0.2) is 0 Å². The van der Waals surface area contributed by atoms with Gasteiger partial charge < -0.3 is 4.90 Å². The van der Waals surface area contributed by atoms with E-state index in [1.165, 1.54) is 80.1 Å². The number of rotatable bonds is 5. The Morgan fingerprint density at radius 3 is 2.46 bits per heavy atom. The fourth-order valence-electron chi connectivity index (χ4n) is 6.95. The Bertz CT molecular complexity index is 1580. The lowest BCUT2D eigenvalue weighted by Gasteiger charge is -2.42. The van der Waals surface area contributed by atoms with Crippen molar-refractivity contribution in [1.29, 1.82) is 0 Å². The third-order valence-corrected chi connectivity index (χ3v) is 10.9. The number of nitrogens with zero attached hydrogens (tertiary/aromatic N) is 5. The van der Waals surface area contributed by atoms with Gasteiger partial charge in [-0.1, -0.05) is 41.9 Å². The normalized spacial score (nSPS) is 21.4. The Hall–Kier alpha value is -2.55. The summed E-state index contributed by atoms with van der Waals surface area (Å²) in [4.78, 5) is 27.1. The Morgan fingerprint density at radius 2 is 1.68 bits per heavy atom. The van der Waals surface area contributed by atoms with Gasteiger partial charge in [-0.3, -0.25) is 19.2 Å². The van der Waals surface area contributed by atoms with Crippen LogP contribution in [0.3, 0.4) is 0 Å². The van der Waals surface area contributed by atoms with Gasteiger partial charge in [-0.05, 0) is 92.7 Å². The summed E-state index contributed by atoms with van der Waals surface area (Å²) in [6.45, 7) is 8.28. The minimum Gasteiger partial charge on any atom is -0.304 e. The molecule has 2 aromatic carbocycles. The van der Waals surface area contributed by atoms with E-state index in [9.17, 15) is 4.79 Å². The van der Waals surface area contributed by atoms with Crippen molar-refractivity contribution in [3.8, 4) is 10.4 Å². The van der Waals surface area contributed by atoms with E-state index in [4.69, 9.17) is 16.6 Å². The summed E-state index contributed by atoms with van der Waals surface area (Å²) in [6, 6.07) is 17.7. The fraction of sp³-hybridized carbons (Fsp3) is 0.455. The number of hydrogen-bond acceptors (Lipinski definition) is 6. The maximum Gasteiger partial charge on any atom is 0.271 e. The summed E-state index contributed by atoms with van der Waals surface area (Å²) in [5, 5.41) is 0.710. The highest BCUT2D eigenvalue weighted by Gasteiger charge is 2.27. The maximum atomic E-state index is 13.6. The molecular weight excluding hydrogens is 550 g/mol. The van der Waals surface area contributed by atoms with E-state index < -0.39 is 0 Å². The molecule has 2 aliphatic heterocycles. The van der Waals surface area contributed by atoms with Crippen molar-refractivity contribution in [3.05, 3.63) is 86.9 Å². The monoisotopic (exact) mass is 587 g/mol. The van der Waals surface area contributed by atoms with Gasteiger partial charge in [0.1, 0.15) is 4.70 Å². The number of aryl methyl sites for hydroxylation is 1. The molecule has 2 fully saturated rings. The molecule has 6 nitrogen and oxygen atoms in total. The molecule has 41 heavy (non-hydrogen) atoms. The summed E-state index contributed by atoms with van der Waals surface area (Å²) in [5.41, 5.74) is 6.16. The number of benzene rings is 2. The molecule has 1 aliphatic carbocycles. The van der Waals surface area contributed by atoms with Gasteiger partial charge in [-0.2, -0.15) is 0 Å². The van der Waals surface area contributed by atoms with Crippen molar-refractivity contribution in [2.75, 3.05) is 46.3 Å². The Balaban J connectivity index is 1.00. The van der Waals surface area contributed by atoms with Crippen LogP contribution >= 0.6 is 22.9 Å². The van der Waals surface area contributed by atoms with Crippen LogP contribution in [0, 0.1) is 0 Å². The first kappa shape index (κ1) is 27.3. The SMILES string of the molecule is CN1CCN(C2CCN(Cc3ccc4c(c3)CC[C@H](n3cnc5cc(-c6ccc(Cl)cc6)sc5c3=O)C4)CC2)CC1. The largest absolute Gasteiger partial charge is 0.304 e. The first-order valence-electron chi connectivity index (χ1n) is 15.0. The quantitative estimate of drug-likeness (QED) is 0.299. The number of likely N-dealkylation sites (tertiary alicyclic amines) is 1. The topological polar surface area (TPSA) is 44.6 Å². The zero-order valence-electron chi connectivity index (χ0n) is 23.8. The molecule has 0 unspecified atom stereocenters. The molecule has 7 rings (SSSR count). The zero-order valence-corrected chi connectivity index (χ0v) is 25.3. The van der Waals surface area contributed by atoms with Crippen LogP contribution in [0.15, 0.2) is 59.7 Å². The van der Waals surface area contributed by atoms with Crippen LogP contribution in [0.4, 0.5) is 0 Å². The second kappa shape index (κ2) is 11.6. The number of likely N-dealkylation sites (N-methyl/N-ethyl adjacent to an activating group) is 1. The van der Waals surface area contributed by atoms with E-state index in [-0.39, 0.29) is 11.6 Å². The van der Waals surface area contributed by atoms with E-state index in [1.54, 1.807) is 6.33 Å². The van der Waals surface area contributed by atoms with Crippen molar-refractivity contribution in [2.45, 2.75) is 50.7 Å². The first-order chi connectivity index (χ1) is 20.0. The van der Waals surface area contributed by atoms with Gasteiger partial charge >= 0.3 is 0 Å². The molecule has 8 heteroatoms. The molecule has 0 radical (unpaired) electrons. The predicted molar refractivity (Wildman–Crippen MR) is 169 cm³/mol. The number of hydrogen-bond donors (Lipinski definition) is 0. The van der Waals surface area contributed by atoms with E-state index >= 15 is 0 Å². The third-order valence-electron chi connectivity index (χ3n) is 9.48. The van der Waals surface area contributed by atoms with Gasteiger partial charge in [-0.15, -0.1) is 11.3 Å². The van der Waals surface area contributed by atoms with E-state index in [0.717, 1.165) is 52.5 Å². The smallest absolute Gasteiger partial charge is 0.271 e. The highest BCUT2D eigenvalue weighted by Crippen LogP contribution is 2.33. The number of fused-ring (bicyclic) bond motifs is 2. The van der Waals surface area contributed by atoms with Crippen molar-refractivity contribution >= 4 is 33.2 Å². The average Bonchev–Trinajstić information content (AvgIpc) is 3.44. The average molecular weight is 588 g/mol. The Kier molecular flexibility index (Phi) is 7.73. The van der Waals surface area contributed by atoms with E-state index in [2.05, 4.69) is 39.9 Å². The lowest BCUT2D eigenvalue weighted by atomic mass is 9.87. The number of aromatic nitrogens is 2. The van der Waals surface area contributed by atoms with Crippen LogP contribution in [0.2, 0.25) is 5.02 Å². The molecule has 2 aromatic heterocycles. The summed E-state index contributed by atoms with van der Waals surface area (Å²) >= 11 is 7.59. The molecule has 4 aromatic rings. The number of halogens is 1. The molecule has 0 N–H and O–H groups in total. The van der Waals surface area contributed by atoms with Gasteiger partial charge in [0, 0.05) is 54.7 Å². The lowest BCUT2D eigenvalue weighted by Crippen LogP contribution is -2.52. The highest BCUT2D eigenvalue weighted by molar-refractivity contribution is 7.22. The highest BCUT2D eigenvalue weighted by atomic mass is 35.5. The van der Waals surface area contributed by atoms with Crippen LogP contribution < -0.4 is 5.56 Å². The lowest BCUT2D eigenvalue weighted by molar-refractivity contribution is 0.0658. The fourth-order valence-corrected chi connectivity index (χ4v) is 8.13. The Labute approximate surface area is 251 Å². The Morgan fingerprint density at radius 1 is 0.902 bits per heavy atom. The molecule has 0 amide bonds. The van der Waals surface area contributed by atoms with Crippen molar-refractivity contribution in [2.24, 2.45) is 0 Å². The predicted octanol–water partition coefficient (Wildman–Crippen LogP) is 5.72. The van der Waals surface area contributed by atoms with Crippen molar-refractivity contribution in [3.63, 3.8) is 0 Å². The van der Waals surface area contributed by atoms with Crippen molar-refractivity contribution < 1.29 is 0 Å². The van der Waals surface area contributed by atoms with Gasteiger partial charge in [0.05, 0.1) is 11.8 Å². The zero-order chi connectivity index (χ0) is 27.9. The minimum atomic E-state index is 0.0743. The van der Waals surface area contributed by atoms with Crippen LogP contribution in [0.1, 0.15) is 42.0 Å². The van der Waals surface area contributed by atoms with Crippen LogP contribution in [0.25, 0.3) is 20.7 Å². The van der Waals surface area contributed by atoms with Gasteiger partial charge in [0.25, 0.3) is 5.56 Å². The maximum absolute atomic E-state index is 13.6. The second-order valence-corrected chi connectivity index (χ2v) is 13.6. The summed E-state index contributed by atoms with van der Waals surface area (Å²) < 4.78 is 2.61. The number of piperazine rings is 1. The third kappa shape index (κ3) is 5.75.